The van der Waals surface area contributed by atoms with Gasteiger partial charge in [0.05, 0.1) is 0 Å². The minimum Gasteiger partial charge on any atom is -0.479 e. The molecule has 0 aliphatic carbocycles. The van der Waals surface area contributed by atoms with Gasteiger partial charge in [0.1, 0.15) is 6.10 Å². The number of hydrogen-bond donors (Lipinski definition) is 3. The van der Waals surface area contributed by atoms with Crippen molar-refractivity contribution < 1.29 is 20.1 Å². The van der Waals surface area contributed by atoms with Crippen LogP contribution >= 0.6 is 0 Å². The number of aliphatic hydroxyl groups excluding tert-OH is 2. The largest absolute Gasteiger partial charge is 0.479 e. The molecular formula is C12H16O4. The van der Waals surface area contributed by atoms with E-state index in [9.17, 15) is 15.0 Å². The number of hydrogen-bond acceptors (Lipinski definition) is 3. The van der Waals surface area contributed by atoms with Crippen molar-refractivity contribution in [2.45, 2.75) is 33.0 Å². The van der Waals surface area contributed by atoms with E-state index in [2.05, 4.69) is 0 Å². The lowest BCUT2D eigenvalue weighted by Crippen LogP contribution is -2.28. The van der Waals surface area contributed by atoms with Crippen LogP contribution in [0, 0.1) is 20.8 Å². The molecule has 1 rings (SSSR count). The molecule has 3 N–H and O–H groups in total. The van der Waals surface area contributed by atoms with Crippen molar-refractivity contribution in [1.29, 1.82) is 0 Å². The number of carboxylic acid groups (broad SMARTS) is 1. The minimum atomic E-state index is -1.79. The van der Waals surface area contributed by atoms with Crippen molar-refractivity contribution in [2.75, 3.05) is 0 Å². The second-order valence-electron chi connectivity index (χ2n) is 4.04. The summed E-state index contributed by atoms with van der Waals surface area (Å²) < 4.78 is 0. The van der Waals surface area contributed by atoms with Gasteiger partial charge in [-0.2, -0.15) is 0 Å². The molecule has 1 aromatic carbocycles. The summed E-state index contributed by atoms with van der Waals surface area (Å²) in [4.78, 5) is 10.6. The first-order valence-corrected chi connectivity index (χ1v) is 5.01. The third-order valence-corrected chi connectivity index (χ3v) is 2.59. The van der Waals surface area contributed by atoms with Crippen molar-refractivity contribution in [1.82, 2.24) is 0 Å². The summed E-state index contributed by atoms with van der Waals surface area (Å²) in [6, 6.07) is 3.69. The third kappa shape index (κ3) is 2.40. The highest BCUT2D eigenvalue weighted by Gasteiger charge is 2.27. The molecule has 1 aromatic rings. The van der Waals surface area contributed by atoms with Gasteiger partial charge in [0.15, 0.2) is 6.10 Å². The number of carbonyl (C=O) groups is 1. The number of rotatable bonds is 3. The van der Waals surface area contributed by atoms with Gasteiger partial charge in [-0.05, 0) is 37.5 Å². The fraction of sp³-hybridized carbons (Fsp3) is 0.417. The summed E-state index contributed by atoms with van der Waals surface area (Å²) in [5.41, 5.74) is 3.09. The summed E-state index contributed by atoms with van der Waals surface area (Å²) >= 11 is 0. The van der Waals surface area contributed by atoms with E-state index in [0.29, 0.717) is 5.56 Å². The molecule has 88 valence electrons. The van der Waals surface area contributed by atoms with Crippen LogP contribution in [0.25, 0.3) is 0 Å². The Balaban J connectivity index is 3.18. The Morgan fingerprint density at radius 1 is 1.12 bits per heavy atom. The fourth-order valence-corrected chi connectivity index (χ4v) is 1.95. The molecule has 4 heteroatoms. The van der Waals surface area contributed by atoms with Gasteiger partial charge in [-0.15, -0.1) is 0 Å². The summed E-state index contributed by atoms with van der Waals surface area (Å²) in [5.74, 6) is -1.42. The Kier molecular flexibility index (Phi) is 3.67. The van der Waals surface area contributed by atoms with E-state index in [4.69, 9.17) is 5.11 Å². The molecule has 0 saturated carbocycles. The predicted octanol–water partition coefficient (Wildman–Crippen LogP) is 1.09. The van der Waals surface area contributed by atoms with Crippen LogP contribution in [0.5, 0.6) is 0 Å². The smallest absolute Gasteiger partial charge is 0.335 e. The summed E-state index contributed by atoms with van der Waals surface area (Å²) in [6.45, 7) is 5.49. The van der Waals surface area contributed by atoms with Crippen LogP contribution in [0.3, 0.4) is 0 Å². The first-order valence-electron chi connectivity index (χ1n) is 5.01. The second-order valence-corrected chi connectivity index (χ2v) is 4.04. The van der Waals surface area contributed by atoms with Gasteiger partial charge in [-0.3, -0.25) is 0 Å². The van der Waals surface area contributed by atoms with Crippen LogP contribution in [-0.2, 0) is 4.79 Å². The Bertz CT molecular complexity index is 388. The van der Waals surface area contributed by atoms with E-state index in [1.165, 1.54) is 0 Å². The Hall–Kier alpha value is -1.39. The lowest BCUT2D eigenvalue weighted by atomic mass is 9.93. The molecular weight excluding hydrogens is 208 g/mol. The minimum absolute atomic E-state index is 0.487. The maximum atomic E-state index is 10.6. The SMILES string of the molecule is Cc1cc(C)c(C(O)C(O)C(=O)O)c(C)c1. The van der Waals surface area contributed by atoms with Gasteiger partial charge in [0.25, 0.3) is 0 Å². The second kappa shape index (κ2) is 4.63. The molecule has 0 aliphatic heterocycles. The average Bonchev–Trinajstić information content (AvgIpc) is 2.14. The molecule has 0 radical (unpaired) electrons. The Morgan fingerprint density at radius 3 is 1.94 bits per heavy atom. The molecule has 0 heterocycles. The third-order valence-electron chi connectivity index (χ3n) is 2.59. The van der Waals surface area contributed by atoms with Crippen LogP contribution < -0.4 is 0 Å². The molecule has 0 fully saturated rings. The molecule has 4 nitrogen and oxygen atoms in total. The zero-order valence-electron chi connectivity index (χ0n) is 9.56. The molecule has 0 aliphatic rings. The molecule has 2 unspecified atom stereocenters. The van der Waals surface area contributed by atoms with Crippen molar-refractivity contribution in [3.05, 3.63) is 34.4 Å². The van der Waals surface area contributed by atoms with Gasteiger partial charge in [-0.25, -0.2) is 4.79 Å². The van der Waals surface area contributed by atoms with Gasteiger partial charge in [0, 0.05) is 0 Å². The van der Waals surface area contributed by atoms with Crippen molar-refractivity contribution >= 4 is 5.97 Å². The zero-order valence-corrected chi connectivity index (χ0v) is 9.56. The lowest BCUT2D eigenvalue weighted by molar-refractivity contribution is -0.153. The number of carboxylic acids is 1. The highest BCUT2D eigenvalue weighted by atomic mass is 16.4. The standard InChI is InChI=1S/C12H16O4/c1-6-4-7(2)9(8(3)5-6)10(13)11(14)12(15)16/h4-5,10-11,13-14H,1-3H3,(H,15,16). The maximum absolute atomic E-state index is 10.6. The van der Waals surface area contributed by atoms with Crippen molar-refractivity contribution in [3.63, 3.8) is 0 Å². The van der Waals surface area contributed by atoms with E-state index in [-0.39, 0.29) is 0 Å². The number of aryl methyl sites for hydroxylation is 3. The molecule has 0 amide bonds. The first kappa shape index (κ1) is 12.7. The van der Waals surface area contributed by atoms with E-state index in [1.807, 2.05) is 19.1 Å². The van der Waals surface area contributed by atoms with E-state index < -0.39 is 18.2 Å². The highest BCUT2D eigenvalue weighted by molar-refractivity contribution is 5.73. The predicted molar refractivity (Wildman–Crippen MR) is 59.3 cm³/mol. The summed E-state index contributed by atoms with van der Waals surface area (Å²) in [7, 11) is 0. The molecule has 0 spiro atoms. The number of aliphatic hydroxyl groups is 2. The van der Waals surface area contributed by atoms with Gasteiger partial charge in [0.2, 0.25) is 0 Å². The van der Waals surface area contributed by atoms with Crippen LogP contribution in [-0.4, -0.2) is 27.4 Å². The Morgan fingerprint density at radius 2 is 1.56 bits per heavy atom. The molecule has 16 heavy (non-hydrogen) atoms. The van der Waals surface area contributed by atoms with Crippen LogP contribution in [0.15, 0.2) is 12.1 Å². The molecule has 0 saturated heterocycles. The van der Waals surface area contributed by atoms with Gasteiger partial charge in [-0.1, -0.05) is 17.7 Å². The topological polar surface area (TPSA) is 77.8 Å². The van der Waals surface area contributed by atoms with Gasteiger partial charge < -0.3 is 15.3 Å². The van der Waals surface area contributed by atoms with Crippen molar-refractivity contribution in [3.8, 4) is 0 Å². The van der Waals surface area contributed by atoms with Crippen LogP contribution in [0.4, 0.5) is 0 Å². The highest BCUT2D eigenvalue weighted by Crippen LogP contribution is 2.25. The monoisotopic (exact) mass is 224 g/mol. The average molecular weight is 224 g/mol. The van der Waals surface area contributed by atoms with Crippen molar-refractivity contribution in [2.24, 2.45) is 0 Å². The maximum Gasteiger partial charge on any atom is 0.335 e. The zero-order chi connectivity index (χ0) is 12.5. The quantitative estimate of drug-likeness (QED) is 0.718. The molecule has 2 atom stereocenters. The normalized spacial score (nSPS) is 14.6. The van der Waals surface area contributed by atoms with E-state index >= 15 is 0 Å². The molecule has 0 aromatic heterocycles. The Labute approximate surface area is 94.2 Å². The van der Waals surface area contributed by atoms with E-state index in [0.717, 1.165) is 16.7 Å². The van der Waals surface area contributed by atoms with Crippen LogP contribution in [0.2, 0.25) is 0 Å². The lowest BCUT2D eigenvalue weighted by Gasteiger charge is -2.19. The van der Waals surface area contributed by atoms with E-state index in [1.54, 1.807) is 13.8 Å². The first-order chi connectivity index (χ1) is 7.34. The summed E-state index contributed by atoms with van der Waals surface area (Å²) in [5, 5.41) is 27.7. The van der Waals surface area contributed by atoms with Gasteiger partial charge >= 0.3 is 5.97 Å². The number of benzene rings is 1. The molecule has 0 bridgehead atoms. The summed E-state index contributed by atoms with van der Waals surface area (Å²) in [6.07, 6.45) is -3.18. The van der Waals surface area contributed by atoms with Crippen LogP contribution in [0.1, 0.15) is 28.4 Å². The number of aliphatic carboxylic acids is 1. The fourth-order valence-electron chi connectivity index (χ4n) is 1.95.